The molecule has 0 aliphatic heterocycles. The zero-order valence-corrected chi connectivity index (χ0v) is 17.9. The first-order chi connectivity index (χ1) is 14.5. The van der Waals surface area contributed by atoms with E-state index in [4.69, 9.17) is 8.83 Å². The Morgan fingerprint density at radius 2 is 1.83 bits per heavy atom. The fourth-order valence-electron chi connectivity index (χ4n) is 3.10. The van der Waals surface area contributed by atoms with Crippen LogP contribution < -0.4 is 5.32 Å². The number of aromatic nitrogens is 2. The Bertz CT molecular complexity index is 1080. The highest BCUT2D eigenvalue weighted by atomic mass is 32.2. The van der Waals surface area contributed by atoms with E-state index in [1.165, 1.54) is 17.3 Å². The number of rotatable bonds is 7. The summed E-state index contributed by atoms with van der Waals surface area (Å²) in [6.45, 7) is 6.07. The number of anilines is 1. The molecule has 1 amide bonds. The zero-order chi connectivity index (χ0) is 21.1. The number of aromatic amines is 1. The number of amides is 1. The first-order valence-corrected chi connectivity index (χ1v) is 10.7. The molecule has 0 saturated heterocycles. The number of carbonyl (C=O) groups excluding carboxylic acids is 1. The normalized spacial score (nSPS) is 12.1. The molecule has 154 valence electrons. The Morgan fingerprint density at radius 3 is 2.47 bits per heavy atom. The van der Waals surface area contributed by atoms with Gasteiger partial charge in [0.2, 0.25) is 5.91 Å². The van der Waals surface area contributed by atoms with E-state index in [0.717, 1.165) is 16.9 Å². The summed E-state index contributed by atoms with van der Waals surface area (Å²) < 4.78 is 11.1. The summed E-state index contributed by atoms with van der Waals surface area (Å²) >= 11 is 1.39. The highest BCUT2D eigenvalue weighted by Crippen LogP contribution is 2.35. The third-order valence-electron chi connectivity index (χ3n) is 4.90. The van der Waals surface area contributed by atoms with Crippen LogP contribution in [0.1, 0.15) is 24.5 Å². The van der Waals surface area contributed by atoms with Crippen molar-refractivity contribution in [3.63, 3.8) is 0 Å². The molecule has 2 N–H and O–H groups in total. The topological polar surface area (TPSA) is 84.1 Å². The summed E-state index contributed by atoms with van der Waals surface area (Å²) in [7, 11) is 0. The molecule has 6 nitrogen and oxygen atoms in total. The number of furan rings is 2. The van der Waals surface area contributed by atoms with Gasteiger partial charge in [0.15, 0.2) is 16.7 Å². The lowest BCUT2D eigenvalue weighted by Crippen LogP contribution is -2.24. The minimum atomic E-state index is -0.299. The lowest BCUT2D eigenvalue weighted by molar-refractivity contribution is -0.115. The summed E-state index contributed by atoms with van der Waals surface area (Å²) in [5, 5.41) is 3.35. The van der Waals surface area contributed by atoms with Gasteiger partial charge in [0.1, 0.15) is 11.4 Å². The molecular weight excluding hydrogens is 398 g/mol. The van der Waals surface area contributed by atoms with E-state index in [-0.39, 0.29) is 11.2 Å². The fraction of sp³-hybridized carbons (Fsp3) is 0.217. The number of imidazole rings is 1. The van der Waals surface area contributed by atoms with Crippen LogP contribution in [-0.2, 0) is 4.79 Å². The van der Waals surface area contributed by atoms with Crippen LogP contribution in [0.5, 0.6) is 0 Å². The third-order valence-corrected chi connectivity index (χ3v) is 6.14. The van der Waals surface area contributed by atoms with Crippen molar-refractivity contribution in [1.29, 1.82) is 0 Å². The molecule has 0 saturated carbocycles. The Morgan fingerprint density at radius 1 is 1.10 bits per heavy atom. The van der Waals surface area contributed by atoms with Crippen LogP contribution in [0.4, 0.5) is 5.69 Å². The van der Waals surface area contributed by atoms with Crippen LogP contribution in [0.2, 0.25) is 0 Å². The summed E-state index contributed by atoms with van der Waals surface area (Å²) in [6.07, 6.45) is 3.88. The molecule has 1 unspecified atom stereocenters. The maximum Gasteiger partial charge on any atom is 0.237 e. The quantitative estimate of drug-likeness (QED) is 0.355. The lowest BCUT2D eigenvalue weighted by atomic mass is 10.1. The minimum absolute atomic E-state index is 0.0544. The van der Waals surface area contributed by atoms with Gasteiger partial charge in [-0.1, -0.05) is 24.8 Å². The van der Waals surface area contributed by atoms with Gasteiger partial charge in [0.25, 0.3) is 0 Å². The summed E-state index contributed by atoms with van der Waals surface area (Å²) in [6, 6.07) is 13.3. The molecule has 0 bridgehead atoms. The van der Waals surface area contributed by atoms with Gasteiger partial charge in [0.05, 0.1) is 17.8 Å². The molecule has 0 aliphatic rings. The van der Waals surface area contributed by atoms with Crippen molar-refractivity contribution in [3.8, 4) is 22.9 Å². The SMILES string of the molecule is CCC(Sc1nc(-c2ccco2)c(-c2ccco2)[nH]1)C(=O)Nc1ccc(C)c(C)c1. The summed E-state index contributed by atoms with van der Waals surface area (Å²) in [5.41, 5.74) is 4.52. The van der Waals surface area contributed by atoms with E-state index in [2.05, 4.69) is 22.2 Å². The van der Waals surface area contributed by atoms with E-state index >= 15 is 0 Å². The molecule has 0 aliphatic carbocycles. The van der Waals surface area contributed by atoms with E-state index in [9.17, 15) is 4.79 Å². The average molecular weight is 422 g/mol. The van der Waals surface area contributed by atoms with Gasteiger partial charge in [-0.25, -0.2) is 4.98 Å². The second-order valence-electron chi connectivity index (χ2n) is 7.02. The van der Waals surface area contributed by atoms with Gasteiger partial charge in [-0.2, -0.15) is 0 Å². The second-order valence-corrected chi connectivity index (χ2v) is 8.21. The maximum atomic E-state index is 12.9. The number of thioether (sulfide) groups is 1. The molecule has 0 radical (unpaired) electrons. The van der Waals surface area contributed by atoms with Gasteiger partial charge < -0.3 is 19.1 Å². The number of nitrogens with one attached hydrogen (secondary N) is 2. The number of carbonyl (C=O) groups is 1. The zero-order valence-electron chi connectivity index (χ0n) is 17.1. The van der Waals surface area contributed by atoms with Crippen LogP contribution in [0, 0.1) is 13.8 Å². The predicted octanol–water partition coefficient (Wildman–Crippen LogP) is 6.06. The number of hydrogen-bond acceptors (Lipinski definition) is 5. The standard InChI is InChI=1S/C23H23N3O3S/c1-4-19(22(27)24-16-10-9-14(2)15(3)13-16)30-23-25-20(17-7-5-11-28-17)21(26-23)18-8-6-12-29-18/h5-13,19H,4H2,1-3H3,(H,24,27)(H,25,26). The van der Waals surface area contributed by atoms with Crippen molar-refractivity contribution < 1.29 is 13.6 Å². The molecule has 30 heavy (non-hydrogen) atoms. The second kappa shape index (κ2) is 8.67. The molecule has 4 rings (SSSR count). The highest BCUT2D eigenvalue weighted by molar-refractivity contribution is 8.00. The van der Waals surface area contributed by atoms with Gasteiger partial charge in [-0.05, 0) is 67.8 Å². The van der Waals surface area contributed by atoms with E-state index < -0.39 is 0 Å². The molecule has 0 fully saturated rings. The van der Waals surface area contributed by atoms with Crippen LogP contribution in [0.3, 0.4) is 0 Å². The third kappa shape index (κ3) is 4.21. The van der Waals surface area contributed by atoms with Crippen molar-refractivity contribution in [2.24, 2.45) is 0 Å². The smallest absolute Gasteiger partial charge is 0.237 e. The molecule has 1 aromatic carbocycles. The molecule has 0 spiro atoms. The van der Waals surface area contributed by atoms with Gasteiger partial charge in [-0.3, -0.25) is 4.79 Å². The van der Waals surface area contributed by atoms with Crippen molar-refractivity contribution in [3.05, 3.63) is 66.1 Å². The molecule has 3 aromatic heterocycles. The fourth-order valence-corrected chi connectivity index (χ4v) is 4.00. The lowest BCUT2D eigenvalue weighted by Gasteiger charge is -2.14. The Balaban J connectivity index is 1.56. The summed E-state index contributed by atoms with van der Waals surface area (Å²) in [4.78, 5) is 20.9. The van der Waals surface area contributed by atoms with Crippen LogP contribution in [0.15, 0.2) is 69.0 Å². The molecule has 4 aromatic rings. The van der Waals surface area contributed by atoms with E-state index in [1.54, 1.807) is 12.5 Å². The van der Waals surface area contributed by atoms with Gasteiger partial charge in [-0.15, -0.1) is 0 Å². The molecular formula is C23H23N3O3S. The maximum absolute atomic E-state index is 12.9. The first-order valence-electron chi connectivity index (χ1n) is 9.77. The van der Waals surface area contributed by atoms with Crippen molar-refractivity contribution in [2.45, 2.75) is 37.6 Å². The first kappa shape index (κ1) is 20.1. The average Bonchev–Trinajstić information content (AvgIpc) is 3.49. The van der Waals surface area contributed by atoms with Crippen LogP contribution in [-0.4, -0.2) is 21.1 Å². The van der Waals surface area contributed by atoms with Crippen molar-refractivity contribution >= 4 is 23.4 Å². The van der Waals surface area contributed by atoms with Crippen molar-refractivity contribution in [1.82, 2.24) is 9.97 Å². The number of nitrogens with zero attached hydrogens (tertiary/aromatic N) is 1. The number of aryl methyl sites for hydroxylation is 2. The monoisotopic (exact) mass is 421 g/mol. The van der Waals surface area contributed by atoms with Crippen molar-refractivity contribution in [2.75, 3.05) is 5.32 Å². The Hall–Kier alpha value is -3.19. The number of benzene rings is 1. The Labute approximate surface area is 179 Å². The minimum Gasteiger partial charge on any atom is -0.463 e. The number of H-pyrrole nitrogens is 1. The molecule has 3 heterocycles. The van der Waals surface area contributed by atoms with Gasteiger partial charge in [0, 0.05) is 5.69 Å². The van der Waals surface area contributed by atoms with E-state index in [0.29, 0.717) is 28.8 Å². The van der Waals surface area contributed by atoms with Gasteiger partial charge >= 0.3 is 0 Å². The van der Waals surface area contributed by atoms with Crippen LogP contribution in [0.25, 0.3) is 22.9 Å². The molecule has 1 atom stereocenters. The van der Waals surface area contributed by atoms with E-state index in [1.807, 2.05) is 56.3 Å². The predicted molar refractivity (Wildman–Crippen MR) is 118 cm³/mol. The Kier molecular flexibility index (Phi) is 5.81. The highest BCUT2D eigenvalue weighted by Gasteiger charge is 2.23. The summed E-state index contributed by atoms with van der Waals surface area (Å²) in [5.74, 6) is 1.24. The van der Waals surface area contributed by atoms with Crippen LogP contribution >= 0.6 is 11.8 Å². The largest absolute Gasteiger partial charge is 0.463 e. The molecule has 7 heteroatoms. The number of hydrogen-bond donors (Lipinski definition) is 2.